The van der Waals surface area contributed by atoms with Gasteiger partial charge in [0.1, 0.15) is 11.5 Å². The fourth-order valence-electron chi connectivity index (χ4n) is 1.70. The van der Waals surface area contributed by atoms with Gasteiger partial charge in [-0.25, -0.2) is 0 Å². The molecule has 0 atom stereocenters. The highest BCUT2D eigenvalue weighted by molar-refractivity contribution is 6.33. The first kappa shape index (κ1) is 13.4. The van der Waals surface area contributed by atoms with Crippen molar-refractivity contribution in [2.24, 2.45) is 0 Å². The van der Waals surface area contributed by atoms with Gasteiger partial charge in [0.15, 0.2) is 5.78 Å². The minimum atomic E-state index is -0.184. The highest BCUT2D eigenvalue weighted by Crippen LogP contribution is 2.25. The number of pyridine rings is 1. The Bertz CT molecular complexity index is 613. The zero-order valence-corrected chi connectivity index (χ0v) is 11.0. The molecule has 4 nitrogen and oxygen atoms in total. The van der Waals surface area contributed by atoms with E-state index in [2.05, 4.69) is 4.98 Å². The van der Waals surface area contributed by atoms with E-state index >= 15 is 0 Å². The molecule has 0 saturated carbocycles. The number of phenolic OH excluding ortho intramolecular Hbond substituents is 1. The molecule has 1 aromatic carbocycles. The summed E-state index contributed by atoms with van der Waals surface area (Å²) >= 11 is 5.91. The summed E-state index contributed by atoms with van der Waals surface area (Å²) in [5, 5.41) is 10.0. The van der Waals surface area contributed by atoms with Crippen LogP contribution in [0, 0.1) is 0 Å². The van der Waals surface area contributed by atoms with E-state index in [1.807, 2.05) is 0 Å². The number of carbonyl (C=O) groups is 1. The largest absolute Gasteiger partial charge is 0.508 e. The third-order valence-corrected chi connectivity index (χ3v) is 3.01. The standard InChI is InChI=1S/C14H12ClNO3/c1-19-10-2-3-13(17)9(6-10)7-14(18)11-4-5-16-8-12(11)15/h2-6,8,17H,7H2,1H3. The van der Waals surface area contributed by atoms with Gasteiger partial charge < -0.3 is 9.84 Å². The fraction of sp³-hybridized carbons (Fsp3) is 0.143. The van der Waals surface area contributed by atoms with Crippen LogP contribution in [0.5, 0.6) is 11.5 Å². The van der Waals surface area contributed by atoms with Crippen molar-refractivity contribution in [1.82, 2.24) is 4.98 Å². The topological polar surface area (TPSA) is 59.4 Å². The molecule has 1 aromatic heterocycles. The minimum Gasteiger partial charge on any atom is -0.508 e. The molecule has 0 radical (unpaired) electrons. The average Bonchev–Trinajstić information content (AvgIpc) is 2.41. The van der Waals surface area contributed by atoms with Crippen molar-refractivity contribution in [3.8, 4) is 11.5 Å². The van der Waals surface area contributed by atoms with Crippen LogP contribution in [-0.4, -0.2) is 23.0 Å². The monoisotopic (exact) mass is 277 g/mol. The summed E-state index contributed by atoms with van der Waals surface area (Å²) in [5.41, 5.74) is 0.885. The van der Waals surface area contributed by atoms with Gasteiger partial charge in [-0.2, -0.15) is 0 Å². The van der Waals surface area contributed by atoms with Crippen LogP contribution in [0.25, 0.3) is 0 Å². The van der Waals surface area contributed by atoms with E-state index in [1.165, 1.54) is 25.6 Å². The van der Waals surface area contributed by atoms with Gasteiger partial charge in [0, 0.05) is 29.9 Å². The zero-order valence-electron chi connectivity index (χ0n) is 10.3. The Balaban J connectivity index is 2.26. The van der Waals surface area contributed by atoms with Gasteiger partial charge in [-0.15, -0.1) is 0 Å². The van der Waals surface area contributed by atoms with Gasteiger partial charge in [0.25, 0.3) is 0 Å². The molecule has 0 unspecified atom stereocenters. The van der Waals surface area contributed by atoms with Gasteiger partial charge in [-0.3, -0.25) is 9.78 Å². The second-order valence-corrected chi connectivity index (χ2v) is 4.36. The van der Waals surface area contributed by atoms with Crippen molar-refractivity contribution >= 4 is 17.4 Å². The summed E-state index contributed by atoms with van der Waals surface area (Å²) in [5.74, 6) is 0.455. The van der Waals surface area contributed by atoms with Crippen LogP contribution >= 0.6 is 11.6 Å². The number of methoxy groups -OCH3 is 1. The number of Topliss-reactive ketones (excluding diaryl/α,β-unsaturated/α-hetero) is 1. The first-order chi connectivity index (χ1) is 9.11. The molecule has 2 aromatic rings. The number of hydrogen-bond donors (Lipinski definition) is 1. The highest BCUT2D eigenvalue weighted by atomic mass is 35.5. The second kappa shape index (κ2) is 5.71. The SMILES string of the molecule is COc1ccc(O)c(CC(=O)c2ccncc2Cl)c1. The van der Waals surface area contributed by atoms with E-state index in [9.17, 15) is 9.90 Å². The number of ketones is 1. The van der Waals surface area contributed by atoms with Crippen LogP contribution in [-0.2, 0) is 6.42 Å². The van der Waals surface area contributed by atoms with E-state index in [4.69, 9.17) is 16.3 Å². The number of hydrogen-bond acceptors (Lipinski definition) is 4. The molecular weight excluding hydrogens is 266 g/mol. The molecule has 0 aliphatic heterocycles. The van der Waals surface area contributed by atoms with Gasteiger partial charge in [-0.1, -0.05) is 11.6 Å². The van der Waals surface area contributed by atoms with Crippen LogP contribution in [0.2, 0.25) is 5.02 Å². The van der Waals surface area contributed by atoms with Crippen molar-refractivity contribution < 1.29 is 14.6 Å². The van der Waals surface area contributed by atoms with Crippen LogP contribution in [0.4, 0.5) is 0 Å². The lowest BCUT2D eigenvalue weighted by molar-refractivity contribution is 0.0992. The molecule has 0 fully saturated rings. The molecule has 0 saturated heterocycles. The van der Waals surface area contributed by atoms with Gasteiger partial charge in [0.05, 0.1) is 12.1 Å². The normalized spacial score (nSPS) is 10.2. The quantitative estimate of drug-likeness (QED) is 0.873. The fourth-order valence-corrected chi connectivity index (χ4v) is 1.92. The Morgan fingerprint density at radius 3 is 2.89 bits per heavy atom. The van der Waals surface area contributed by atoms with E-state index in [1.54, 1.807) is 18.2 Å². The average molecular weight is 278 g/mol. The van der Waals surface area contributed by atoms with Crippen LogP contribution < -0.4 is 4.74 Å². The summed E-state index contributed by atoms with van der Waals surface area (Å²) < 4.78 is 5.06. The van der Waals surface area contributed by atoms with Crippen molar-refractivity contribution in [2.75, 3.05) is 7.11 Å². The van der Waals surface area contributed by atoms with Crippen molar-refractivity contribution in [3.05, 3.63) is 52.8 Å². The molecule has 0 spiro atoms. The van der Waals surface area contributed by atoms with Crippen molar-refractivity contribution in [2.45, 2.75) is 6.42 Å². The number of aromatic hydroxyl groups is 1. The molecule has 0 bridgehead atoms. The van der Waals surface area contributed by atoms with E-state index in [0.717, 1.165) is 0 Å². The molecular formula is C14H12ClNO3. The number of rotatable bonds is 4. The second-order valence-electron chi connectivity index (χ2n) is 3.95. The number of carbonyl (C=O) groups excluding carboxylic acids is 1. The Morgan fingerprint density at radius 1 is 1.42 bits per heavy atom. The summed E-state index contributed by atoms with van der Waals surface area (Å²) in [6.07, 6.45) is 2.97. The number of halogens is 1. The molecule has 1 N–H and O–H groups in total. The van der Waals surface area contributed by atoms with Gasteiger partial charge in [0.2, 0.25) is 0 Å². The Morgan fingerprint density at radius 2 is 2.21 bits per heavy atom. The number of ether oxygens (including phenoxy) is 1. The summed E-state index contributed by atoms with van der Waals surface area (Å²) in [6.45, 7) is 0. The number of nitrogens with zero attached hydrogens (tertiary/aromatic N) is 1. The number of phenols is 1. The maximum atomic E-state index is 12.1. The van der Waals surface area contributed by atoms with E-state index in [-0.39, 0.29) is 18.0 Å². The molecule has 19 heavy (non-hydrogen) atoms. The zero-order chi connectivity index (χ0) is 13.8. The Hall–Kier alpha value is -2.07. The predicted molar refractivity (Wildman–Crippen MR) is 71.9 cm³/mol. The van der Waals surface area contributed by atoms with E-state index < -0.39 is 0 Å². The van der Waals surface area contributed by atoms with Gasteiger partial charge >= 0.3 is 0 Å². The highest BCUT2D eigenvalue weighted by Gasteiger charge is 2.13. The van der Waals surface area contributed by atoms with Crippen molar-refractivity contribution in [1.29, 1.82) is 0 Å². The lowest BCUT2D eigenvalue weighted by atomic mass is 10.0. The maximum Gasteiger partial charge on any atom is 0.168 e. The number of aromatic nitrogens is 1. The third kappa shape index (κ3) is 3.03. The summed E-state index contributed by atoms with van der Waals surface area (Å²) in [7, 11) is 1.53. The molecule has 2 rings (SSSR count). The Labute approximate surface area is 115 Å². The van der Waals surface area contributed by atoms with Crippen molar-refractivity contribution in [3.63, 3.8) is 0 Å². The maximum absolute atomic E-state index is 12.1. The molecule has 0 aliphatic carbocycles. The molecule has 0 amide bonds. The Kier molecular flexibility index (Phi) is 4.02. The van der Waals surface area contributed by atoms with Crippen LogP contribution in [0.15, 0.2) is 36.7 Å². The molecule has 0 aliphatic rings. The smallest absolute Gasteiger partial charge is 0.168 e. The minimum absolute atomic E-state index is 0.0484. The first-order valence-electron chi connectivity index (χ1n) is 5.60. The van der Waals surface area contributed by atoms with Gasteiger partial charge in [-0.05, 0) is 24.3 Å². The lowest BCUT2D eigenvalue weighted by Gasteiger charge is -2.07. The molecule has 98 valence electrons. The lowest BCUT2D eigenvalue weighted by Crippen LogP contribution is -2.05. The third-order valence-electron chi connectivity index (χ3n) is 2.71. The predicted octanol–water partition coefficient (Wildman–Crippen LogP) is 2.87. The summed E-state index contributed by atoms with van der Waals surface area (Å²) in [4.78, 5) is 15.9. The summed E-state index contributed by atoms with van der Waals surface area (Å²) in [6, 6.07) is 6.31. The van der Waals surface area contributed by atoms with Crippen LogP contribution in [0.3, 0.4) is 0 Å². The molecule has 5 heteroatoms. The number of benzene rings is 1. The molecule has 1 heterocycles. The first-order valence-corrected chi connectivity index (χ1v) is 5.98. The van der Waals surface area contributed by atoms with E-state index in [0.29, 0.717) is 21.9 Å². The van der Waals surface area contributed by atoms with Crippen LogP contribution in [0.1, 0.15) is 15.9 Å².